The van der Waals surface area contributed by atoms with Gasteiger partial charge in [-0.25, -0.2) is 0 Å². The molecule has 4 amide bonds. The summed E-state index contributed by atoms with van der Waals surface area (Å²) in [6.45, 7) is 8.42. The fourth-order valence-electron chi connectivity index (χ4n) is 6.18. The molecular weight excluding hydrogens is 600 g/mol. The first-order valence-corrected chi connectivity index (χ1v) is 16.8. The van der Waals surface area contributed by atoms with E-state index in [-0.39, 0.29) is 37.0 Å². The van der Waals surface area contributed by atoms with Crippen LogP contribution in [0.4, 0.5) is 0 Å². The van der Waals surface area contributed by atoms with E-state index in [1.807, 2.05) is 38.1 Å². The number of fused-ring (bicyclic) bond motifs is 1. The quantitative estimate of drug-likeness (QED) is 0.358. The molecule has 2 aromatic rings. The van der Waals surface area contributed by atoms with Gasteiger partial charge in [-0.2, -0.15) is 0 Å². The summed E-state index contributed by atoms with van der Waals surface area (Å²) in [4.78, 5) is 56.6. The molecule has 3 N–H and O–H groups in total. The van der Waals surface area contributed by atoms with Gasteiger partial charge in [0.05, 0.1) is 25.6 Å². The summed E-state index contributed by atoms with van der Waals surface area (Å²) in [5, 5.41) is 8.73. The number of carbonyl (C=O) groups excluding carboxylic acids is 4. The van der Waals surface area contributed by atoms with Crippen LogP contribution in [0.5, 0.6) is 11.5 Å². The first-order valence-electron chi connectivity index (χ1n) is 16.8. The second-order valence-corrected chi connectivity index (χ2v) is 12.8. The lowest BCUT2D eigenvalue weighted by Crippen LogP contribution is -2.55. The number of methoxy groups -OCH3 is 1. The summed E-state index contributed by atoms with van der Waals surface area (Å²) in [6, 6.07) is 12.6. The Kier molecular flexibility index (Phi) is 13.0. The molecule has 47 heavy (non-hydrogen) atoms. The van der Waals surface area contributed by atoms with Crippen molar-refractivity contribution in [3.05, 3.63) is 59.7 Å². The third-order valence-electron chi connectivity index (χ3n) is 8.95. The maximum Gasteiger partial charge on any atom is 0.255 e. The van der Waals surface area contributed by atoms with E-state index in [0.717, 1.165) is 24.2 Å². The van der Waals surface area contributed by atoms with Crippen LogP contribution in [0.25, 0.3) is 0 Å². The lowest BCUT2D eigenvalue weighted by Gasteiger charge is -2.38. The molecule has 11 heteroatoms. The number of ether oxygens (including phenoxy) is 3. The number of hydrogen-bond donors (Lipinski definition) is 3. The predicted octanol–water partition coefficient (Wildman–Crippen LogP) is 3.60. The van der Waals surface area contributed by atoms with Gasteiger partial charge in [0.15, 0.2) is 0 Å². The highest BCUT2D eigenvalue weighted by atomic mass is 16.5. The van der Waals surface area contributed by atoms with Crippen LogP contribution < -0.4 is 25.4 Å². The third-order valence-corrected chi connectivity index (χ3v) is 8.95. The molecule has 0 unspecified atom stereocenters. The van der Waals surface area contributed by atoms with E-state index >= 15 is 0 Å². The van der Waals surface area contributed by atoms with Crippen molar-refractivity contribution in [2.24, 2.45) is 5.92 Å². The van der Waals surface area contributed by atoms with Crippen LogP contribution in [-0.4, -0.2) is 87.2 Å². The Morgan fingerprint density at radius 3 is 2.45 bits per heavy atom. The molecule has 0 aliphatic carbocycles. The maximum absolute atomic E-state index is 13.9. The molecule has 2 aliphatic rings. The van der Waals surface area contributed by atoms with E-state index in [9.17, 15) is 19.2 Å². The highest BCUT2D eigenvalue weighted by Crippen LogP contribution is 2.35. The van der Waals surface area contributed by atoms with Gasteiger partial charge in [-0.15, -0.1) is 0 Å². The van der Waals surface area contributed by atoms with Crippen LogP contribution in [0.1, 0.15) is 75.2 Å². The van der Waals surface area contributed by atoms with Crippen molar-refractivity contribution < 1.29 is 33.4 Å². The lowest BCUT2D eigenvalue weighted by atomic mass is 9.74. The minimum absolute atomic E-state index is 0.131. The summed E-state index contributed by atoms with van der Waals surface area (Å²) in [5.41, 5.74) is 0.889. The number of para-hydroxylation sites is 1. The fourth-order valence-corrected chi connectivity index (χ4v) is 6.18. The average Bonchev–Trinajstić information content (AvgIpc) is 3.07. The molecule has 4 rings (SSSR count). The molecule has 1 fully saturated rings. The number of unbranched alkanes of at least 4 members (excludes halogenated alkanes) is 1. The van der Waals surface area contributed by atoms with Crippen molar-refractivity contribution in [2.75, 3.05) is 46.6 Å². The van der Waals surface area contributed by atoms with Crippen molar-refractivity contribution in [2.45, 2.75) is 76.8 Å². The summed E-state index contributed by atoms with van der Waals surface area (Å²) in [7, 11) is 1.62. The number of benzene rings is 2. The van der Waals surface area contributed by atoms with Gasteiger partial charge in [0.1, 0.15) is 30.2 Å². The minimum Gasteiger partial charge on any atom is -0.497 e. The Hall–Kier alpha value is -4.12. The number of amides is 4. The molecule has 2 heterocycles. The maximum atomic E-state index is 13.9. The van der Waals surface area contributed by atoms with Crippen LogP contribution in [0.3, 0.4) is 0 Å². The zero-order valence-corrected chi connectivity index (χ0v) is 28.1. The van der Waals surface area contributed by atoms with Crippen molar-refractivity contribution in [1.82, 2.24) is 20.9 Å². The van der Waals surface area contributed by atoms with Crippen molar-refractivity contribution >= 4 is 23.6 Å². The Morgan fingerprint density at radius 2 is 1.77 bits per heavy atom. The number of hydrogen-bond acceptors (Lipinski definition) is 7. The summed E-state index contributed by atoms with van der Waals surface area (Å²) in [5.74, 6) is -0.480. The van der Waals surface area contributed by atoms with Crippen LogP contribution in [0, 0.1) is 5.92 Å². The predicted molar refractivity (Wildman–Crippen MR) is 178 cm³/mol. The highest BCUT2D eigenvalue weighted by Gasteiger charge is 2.37. The number of nitrogens with one attached hydrogen (secondary N) is 3. The zero-order valence-electron chi connectivity index (χ0n) is 28.1. The SMILES string of the molecule is CCCCN1CCOc2ccccc2C(=O)N[C@H](C(=O)NCC2(c3ccc(OC)cc3)CCOCC2)CC(=O)N[C@@H](CC(C)C)C1=O. The van der Waals surface area contributed by atoms with Crippen molar-refractivity contribution in [1.29, 1.82) is 0 Å². The Morgan fingerprint density at radius 1 is 1.04 bits per heavy atom. The molecule has 0 radical (unpaired) electrons. The Bertz CT molecular complexity index is 1360. The number of carbonyl (C=O) groups is 4. The molecule has 1 saturated heterocycles. The van der Waals surface area contributed by atoms with Gasteiger partial charge >= 0.3 is 0 Å². The lowest BCUT2D eigenvalue weighted by molar-refractivity contribution is -0.137. The van der Waals surface area contributed by atoms with Crippen molar-refractivity contribution in [3.63, 3.8) is 0 Å². The van der Waals surface area contributed by atoms with Crippen LogP contribution in [0.2, 0.25) is 0 Å². The molecule has 2 atom stereocenters. The number of nitrogens with zero attached hydrogens (tertiary/aromatic N) is 1. The summed E-state index contributed by atoms with van der Waals surface area (Å²) >= 11 is 0. The number of rotatable bonds is 10. The van der Waals surface area contributed by atoms with Crippen molar-refractivity contribution in [3.8, 4) is 11.5 Å². The largest absolute Gasteiger partial charge is 0.497 e. The second kappa shape index (κ2) is 17.2. The normalized spacial score (nSPS) is 20.7. The van der Waals surface area contributed by atoms with Gasteiger partial charge in [0, 0.05) is 31.7 Å². The van der Waals surface area contributed by atoms with Gasteiger partial charge in [-0.05, 0) is 61.4 Å². The van der Waals surface area contributed by atoms with E-state index < -0.39 is 35.2 Å². The first kappa shape index (κ1) is 35.7. The topological polar surface area (TPSA) is 135 Å². The Labute approximate surface area is 278 Å². The zero-order chi connectivity index (χ0) is 33.8. The average molecular weight is 651 g/mol. The van der Waals surface area contributed by atoms with E-state index in [1.165, 1.54) is 0 Å². The smallest absolute Gasteiger partial charge is 0.255 e. The minimum atomic E-state index is -1.20. The van der Waals surface area contributed by atoms with Crippen LogP contribution in [0.15, 0.2) is 48.5 Å². The van der Waals surface area contributed by atoms with Gasteiger partial charge in [0.2, 0.25) is 17.7 Å². The third kappa shape index (κ3) is 9.70. The van der Waals surface area contributed by atoms with E-state index in [0.29, 0.717) is 51.3 Å². The molecule has 256 valence electrons. The molecule has 0 bridgehead atoms. The molecule has 2 aromatic carbocycles. The summed E-state index contributed by atoms with van der Waals surface area (Å²) in [6.07, 6.45) is 3.19. The molecule has 0 aromatic heterocycles. The second-order valence-electron chi connectivity index (χ2n) is 12.8. The van der Waals surface area contributed by atoms with Crippen LogP contribution >= 0.6 is 0 Å². The fraction of sp³-hybridized carbons (Fsp3) is 0.556. The summed E-state index contributed by atoms with van der Waals surface area (Å²) < 4.78 is 17.0. The Balaban J connectivity index is 1.61. The van der Waals surface area contributed by atoms with Gasteiger partial charge in [-0.3, -0.25) is 19.2 Å². The van der Waals surface area contributed by atoms with Gasteiger partial charge in [-0.1, -0.05) is 51.5 Å². The first-order chi connectivity index (χ1) is 22.7. The van der Waals surface area contributed by atoms with E-state index in [1.54, 1.807) is 36.3 Å². The highest BCUT2D eigenvalue weighted by molar-refractivity contribution is 6.01. The standard InChI is InChI=1S/C36H50N4O7/c1-5-6-17-40-18-21-47-31-10-8-7-9-28(31)33(42)39-29(23-32(41)38-30(35(40)44)22-25(2)3)34(43)37-24-36(15-19-46-20-16-36)26-11-13-27(45-4)14-12-26/h7-14,25,29-30H,5-6,15-24H2,1-4H3,(H,37,43)(H,38,41)(H,39,42)/t29-,30-/m0/s1. The molecule has 2 aliphatic heterocycles. The molecule has 11 nitrogen and oxygen atoms in total. The van der Waals surface area contributed by atoms with E-state index in [2.05, 4.69) is 22.9 Å². The van der Waals surface area contributed by atoms with Crippen LogP contribution in [-0.2, 0) is 24.5 Å². The van der Waals surface area contributed by atoms with Gasteiger partial charge in [0.25, 0.3) is 5.91 Å². The molecule has 0 spiro atoms. The monoisotopic (exact) mass is 650 g/mol. The van der Waals surface area contributed by atoms with Gasteiger partial charge < -0.3 is 35.1 Å². The van der Waals surface area contributed by atoms with E-state index in [4.69, 9.17) is 14.2 Å². The molecule has 0 saturated carbocycles. The molecular formula is C36H50N4O7.